The Morgan fingerprint density at radius 3 is 2.36 bits per heavy atom. The molecule has 47 heavy (non-hydrogen) atoms. The number of nitrogens with one attached hydrogen (secondary N) is 1. The molecule has 3 heterocycles. The van der Waals surface area contributed by atoms with Gasteiger partial charge in [0, 0.05) is 25.9 Å². The van der Waals surface area contributed by atoms with Crippen molar-refractivity contribution < 1.29 is 27.2 Å². The lowest BCUT2D eigenvalue weighted by molar-refractivity contribution is -0.895. The van der Waals surface area contributed by atoms with E-state index in [0.717, 1.165) is 51.7 Å². The third kappa shape index (κ3) is 6.57. The van der Waals surface area contributed by atoms with Crippen molar-refractivity contribution in [3.8, 4) is 28.8 Å². The summed E-state index contributed by atoms with van der Waals surface area (Å²) in [4.78, 5) is 43.1. The van der Waals surface area contributed by atoms with Crippen LogP contribution < -0.4 is 11.0 Å². The highest BCUT2D eigenvalue weighted by Gasteiger charge is 2.35. The number of halogens is 3. The summed E-state index contributed by atoms with van der Waals surface area (Å²) in [5, 5.41) is 16.2. The number of alkyl halides is 3. The number of imidazole rings is 1. The second-order valence-electron chi connectivity index (χ2n) is 12.5. The summed E-state index contributed by atoms with van der Waals surface area (Å²) >= 11 is 0. The SMILES string of the molecule is Cc1c(-c2ccnn2-c2ccc(C#N)cc2)n(C(=O)N[C@@H](C)C(=O)N(C)C2CC[N+](C)(C)CC2)c(=O)n1-c1cccc(C(F)(F)F)c1. The van der Waals surface area contributed by atoms with Gasteiger partial charge in [0.2, 0.25) is 5.91 Å². The first-order valence-electron chi connectivity index (χ1n) is 15.1. The normalized spacial score (nSPS) is 15.6. The van der Waals surface area contributed by atoms with E-state index in [1.54, 1.807) is 42.3 Å². The molecule has 0 radical (unpaired) electrons. The van der Waals surface area contributed by atoms with E-state index in [2.05, 4.69) is 24.5 Å². The molecule has 1 aliphatic rings. The number of carbonyl (C=O) groups is 2. The van der Waals surface area contributed by atoms with Crippen LogP contribution in [0.2, 0.25) is 0 Å². The van der Waals surface area contributed by atoms with Gasteiger partial charge in [-0.1, -0.05) is 6.07 Å². The fourth-order valence-corrected chi connectivity index (χ4v) is 6.02. The summed E-state index contributed by atoms with van der Waals surface area (Å²) in [7, 11) is 5.97. The van der Waals surface area contributed by atoms with Gasteiger partial charge in [0.1, 0.15) is 11.7 Å². The van der Waals surface area contributed by atoms with Gasteiger partial charge in [-0.2, -0.15) is 23.5 Å². The quantitative estimate of drug-likeness (QED) is 0.312. The molecule has 0 spiro atoms. The average Bonchev–Trinajstić information content (AvgIpc) is 3.61. The van der Waals surface area contributed by atoms with Crippen molar-refractivity contribution in [2.45, 2.75) is 44.9 Å². The van der Waals surface area contributed by atoms with E-state index in [1.165, 1.54) is 36.9 Å². The van der Waals surface area contributed by atoms with Crippen LogP contribution in [-0.2, 0) is 11.0 Å². The predicted molar refractivity (Wildman–Crippen MR) is 168 cm³/mol. The number of rotatable bonds is 6. The summed E-state index contributed by atoms with van der Waals surface area (Å²) in [5.74, 6) is -0.332. The van der Waals surface area contributed by atoms with Crippen molar-refractivity contribution in [1.29, 1.82) is 5.26 Å². The first-order chi connectivity index (χ1) is 22.1. The molecule has 0 bridgehead atoms. The zero-order valence-electron chi connectivity index (χ0n) is 26.7. The predicted octanol–water partition coefficient (Wildman–Crippen LogP) is 4.33. The van der Waals surface area contributed by atoms with E-state index in [9.17, 15) is 32.8 Å². The number of nitriles is 1. The molecule has 1 N–H and O–H groups in total. The van der Waals surface area contributed by atoms with Gasteiger partial charge in [0.15, 0.2) is 0 Å². The van der Waals surface area contributed by atoms with Crippen molar-refractivity contribution in [2.75, 3.05) is 34.2 Å². The molecule has 1 saturated heterocycles. The molecule has 4 aromatic rings. The van der Waals surface area contributed by atoms with E-state index < -0.39 is 29.5 Å². The van der Waals surface area contributed by atoms with Crippen LogP contribution in [-0.4, -0.2) is 86.6 Å². The van der Waals surface area contributed by atoms with Gasteiger partial charge in [-0.3, -0.25) is 9.36 Å². The second-order valence-corrected chi connectivity index (χ2v) is 12.5. The zero-order chi connectivity index (χ0) is 34.3. The number of hydrogen-bond acceptors (Lipinski definition) is 5. The molecule has 14 heteroatoms. The van der Waals surface area contributed by atoms with Crippen LogP contribution >= 0.6 is 0 Å². The Labute approximate surface area is 269 Å². The molecule has 246 valence electrons. The molecule has 2 aromatic carbocycles. The van der Waals surface area contributed by atoms with Gasteiger partial charge in [-0.25, -0.2) is 18.8 Å². The van der Waals surface area contributed by atoms with E-state index in [1.807, 2.05) is 6.07 Å². The third-order valence-electron chi connectivity index (χ3n) is 8.79. The molecule has 0 saturated carbocycles. The van der Waals surface area contributed by atoms with Gasteiger partial charge < -0.3 is 14.7 Å². The van der Waals surface area contributed by atoms with Crippen molar-refractivity contribution >= 4 is 11.9 Å². The number of quaternary nitrogens is 1. The largest absolute Gasteiger partial charge is 0.416 e. The Morgan fingerprint density at radius 1 is 1.09 bits per heavy atom. The van der Waals surface area contributed by atoms with Gasteiger partial charge in [0.25, 0.3) is 0 Å². The minimum absolute atomic E-state index is 0.00250. The average molecular weight is 650 g/mol. The van der Waals surface area contributed by atoms with Crippen LogP contribution in [0, 0.1) is 18.3 Å². The van der Waals surface area contributed by atoms with Crippen molar-refractivity contribution in [1.82, 2.24) is 29.1 Å². The van der Waals surface area contributed by atoms with Gasteiger partial charge in [-0.05, 0) is 62.4 Å². The van der Waals surface area contributed by atoms with Crippen LogP contribution in [0.4, 0.5) is 18.0 Å². The van der Waals surface area contributed by atoms with Crippen LogP contribution in [0.5, 0.6) is 0 Å². The first-order valence-corrected chi connectivity index (χ1v) is 15.1. The van der Waals surface area contributed by atoms with E-state index in [4.69, 9.17) is 0 Å². The molecular formula is C33H36F3N8O3+. The first kappa shape index (κ1) is 33.2. The van der Waals surface area contributed by atoms with E-state index in [0.29, 0.717) is 11.3 Å². The van der Waals surface area contributed by atoms with Crippen LogP contribution in [0.25, 0.3) is 22.8 Å². The smallest absolute Gasteiger partial charge is 0.341 e. The fourth-order valence-electron chi connectivity index (χ4n) is 6.02. The Morgan fingerprint density at radius 2 is 1.74 bits per heavy atom. The monoisotopic (exact) mass is 649 g/mol. The highest BCUT2D eigenvalue weighted by molar-refractivity contribution is 5.89. The number of likely N-dealkylation sites (tertiary alicyclic amines) is 1. The van der Waals surface area contributed by atoms with Gasteiger partial charge in [-0.15, -0.1) is 0 Å². The lowest BCUT2D eigenvalue weighted by atomic mass is 10.0. The number of carbonyl (C=O) groups excluding carboxylic acids is 2. The fraction of sp³-hybridized carbons (Fsp3) is 0.364. The Hall–Kier alpha value is -5.16. The van der Waals surface area contributed by atoms with E-state index in [-0.39, 0.29) is 34.7 Å². The Bertz CT molecular complexity index is 1900. The number of piperidine rings is 1. The molecule has 1 atom stereocenters. The topological polar surface area (TPSA) is 118 Å². The third-order valence-corrected chi connectivity index (χ3v) is 8.79. The molecule has 1 fully saturated rings. The summed E-state index contributed by atoms with van der Waals surface area (Å²) in [6.45, 7) is 4.85. The van der Waals surface area contributed by atoms with Gasteiger partial charge >= 0.3 is 17.9 Å². The number of aromatic nitrogens is 4. The van der Waals surface area contributed by atoms with Crippen molar-refractivity contribution in [3.63, 3.8) is 0 Å². The van der Waals surface area contributed by atoms with E-state index >= 15 is 0 Å². The van der Waals surface area contributed by atoms with Crippen molar-refractivity contribution in [3.05, 3.63) is 88.1 Å². The molecule has 11 nitrogen and oxygen atoms in total. The standard InChI is InChI=1S/C33H35F3N8O3/c1-21(30(45)40(3)25-14-17-44(4,5)18-15-25)39-31(46)42-29(28-13-16-38-43(28)26-11-9-23(20-37)10-12-26)22(2)41(32(42)47)27-8-6-7-24(19-27)33(34,35)36/h6-13,16,19,21,25H,14-15,17-18H2,1-5H3/p+1/t21-/m0/s1. The molecule has 0 unspecified atom stereocenters. The Balaban J connectivity index is 1.57. The van der Waals surface area contributed by atoms with Crippen molar-refractivity contribution in [2.24, 2.45) is 0 Å². The summed E-state index contributed by atoms with van der Waals surface area (Å²) in [6.07, 6.45) is -1.61. The second kappa shape index (κ2) is 12.6. The number of hydrogen-bond donors (Lipinski definition) is 1. The molecule has 2 amide bonds. The molecule has 2 aromatic heterocycles. The molecule has 0 aliphatic carbocycles. The maximum atomic E-state index is 14.1. The Kier molecular flexibility index (Phi) is 8.87. The maximum absolute atomic E-state index is 14.1. The van der Waals surface area contributed by atoms with Crippen LogP contribution in [0.15, 0.2) is 65.6 Å². The highest BCUT2D eigenvalue weighted by atomic mass is 19.4. The summed E-state index contributed by atoms with van der Waals surface area (Å²) in [6, 6.07) is 12.4. The number of amides is 2. The molecule has 5 rings (SSSR count). The molecular weight excluding hydrogens is 613 g/mol. The lowest BCUT2D eigenvalue weighted by Crippen LogP contribution is -2.55. The van der Waals surface area contributed by atoms with Crippen LogP contribution in [0.1, 0.15) is 36.6 Å². The minimum atomic E-state index is -4.67. The number of benzene rings is 2. The summed E-state index contributed by atoms with van der Waals surface area (Å²) < 4.78 is 45.1. The zero-order valence-corrected chi connectivity index (χ0v) is 26.7. The highest BCUT2D eigenvalue weighted by Crippen LogP contribution is 2.32. The van der Waals surface area contributed by atoms with Crippen LogP contribution in [0.3, 0.4) is 0 Å². The number of likely N-dealkylation sites (N-methyl/N-ethyl adjacent to an activating group) is 1. The minimum Gasteiger partial charge on any atom is -0.341 e. The summed E-state index contributed by atoms with van der Waals surface area (Å²) in [5.41, 5.74) is -0.561. The van der Waals surface area contributed by atoms with Gasteiger partial charge in [0.05, 0.1) is 73.3 Å². The maximum Gasteiger partial charge on any atom is 0.416 e. The lowest BCUT2D eigenvalue weighted by Gasteiger charge is -2.40. The number of nitrogens with zero attached hydrogens (tertiary/aromatic N) is 7. The molecule has 1 aliphatic heterocycles.